The van der Waals surface area contributed by atoms with Crippen molar-refractivity contribution in [3.8, 4) is 5.75 Å². The molecule has 12 heavy (non-hydrogen) atoms. The molecule has 1 heterocycles. The van der Waals surface area contributed by atoms with Crippen LogP contribution in [0.25, 0.3) is 0 Å². The molecule has 0 bridgehead atoms. The van der Waals surface area contributed by atoms with Crippen LogP contribution in [0, 0.1) is 6.92 Å². The Morgan fingerprint density at radius 1 is 1.67 bits per heavy atom. The summed E-state index contributed by atoms with van der Waals surface area (Å²) in [5.41, 5.74) is 0.920. The van der Waals surface area contributed by atoms with E-state index in [1.54, 1.807) is 12.3 Å². The van der Waals surface area contributed by atoms with Crippen molar-refractivity contribution in [2.45, 2.75) is 6.92 Å². The minimum Gasteiger partial charge on any atom is -0.488 e. The first-order valence-electron chi connectivity index (χ1n) is 3.60. The quantitative estimate of drug-likeness (QED) is 0.728. The van der Waals surface area contributed by atoms with E-state index in [0.29, 0.717) is 10.9 Å². The Balaban J connectivity index is 2.81. The summed E-state index contributed by atoms with van der Waals surface area (Å²) < 4.78 is 5.17. The van der Waals surface area contributed by atoms with E-state index in [0.717, 1.165) is 5.56 Å². The van der Waals surface area contributed by atoms with Gasteiger partial charge in [-0.25, -0.2) is 4.98 Å². The van der Waals surface area contributed by atoms with Crippen LogP contribution >= 0.6 is 11.6 Å². The van der Waals surface area contributed by atoms with Crippen molar-refractivity contribution in [2.24, 2.45) is 0 Å². The molecule has 0 fully saturated rings. The van der Waals surface area contributed by atoms with Gasteiger partial charge in [-0.3, -0.25) is 0 Å². The Morgan fingerprint density at radius 3 is 3.00 bits per heavy atom. The van der Waals surface area contributed by atoms with Crippen LogP contribution in [0.1, 0.15) is 5.56 Å². The predicted octanol–water partition coefficient (Wildman–Crippen LogP) is 1.41. The van der Waals surface area contributed by atoms with Crippen LogP contribution < -0.4 is 4.74 Å². The van der Waals surface area contributed by atoms with Gasteiger partial charge in [-0.15, -0.1) is 0 Å². The minimum atomic E-state index is -0.0232. The standard InChI is InChI=1S/C8H10ClNO2/c1-6-2-3-10-8(9)7(6)12-5-4-11/h2-3,11H,4-5H2,1H3. The van der Waals surface area contributed by atoms with Gasteiger partial charge in [0.25, 0.3) is 0 Å². The van der Waals surface area contributed by atoms with Crippen molar-refractivity contribution in [1.29, 1.82) is 0 Å². The normalized spacial score (nSPS) is 9.92. The first kappa shape index (κ1) is 9.29. The number of halogens is 1. The van der Waals surface area contributed by atoms with E-state index in [1.807, 2.05) is 6.92 Å². The number of aromatic nitrogens is 1. The average Bonchev–Trinajstić information content (AvgIpc) is 2.04. The SMILES string of the molecule is Cc1ccnc(Cl)c1OCCO. The molecule has 0 aliphatic heterocycles. The second kappa shape index (κ2) is 4.28. The van der Waals surface area contributed by atoms with Gasteiger partial charge in [0, 0.05) is 6.20 Å². The smallest absolute Gasteiger partial charge is 0.171 e. The van der Waals surface area contributed by atoms with Crippen LogP contribution in [0.2, 0.25) is 5.15 Å². The van der Waals surface area contributed by atoms with Crippen LogP contribution in [0.15, 0.2) is 12.3 Å². The van der Waals surface area contributed by atoms with Crippen molar-refractivity contribution in [3.63, 3.8) is 0 Å². The monoisotopic (exact) mass is 187 g/mol. The Kier molecular flexibility index (Phi) is 3.31. The maximum absolute atomic E-state index is 8.52. The van der Waals surface area contributed by atoms with Crippen LogP contribution in [0.3, 0.4) is 0 Å². The van der Waals surface area contributed by atoms with Gasteiger partial charge in [-0.2, -0.15) is 0 Å². The molecule has 1 aromatic rings. The van der Waals surface area contributed by atoms with Crippen LogP contribution in [-0.4, -0.2) is 23.3 Å². The fourth-order valence-corrected chi connectivity index (χ4v) is 1.09. The van der Waals surface area contributed by atoms with Crippen molar-refractivity contribution in [2.75, 3.05) is 13.2 Å². The van der Waals surface area contributed by atoms with Gasteiger partial charge in [0.15, 0.2) is 10.9 Å². The third-order valence-electron chi connectivity index (χ3n) is 1.40. The van der Waals surface area contributed by atoms with Crippen molar-refractivity contribution in [1.82, 2.24) is 4.98 Å². The number of ether oxygens (including phenoxy) is 1. The molecule has 0 amide bonds. The zero-order valence-electron chi connectivity index (χ0n) is 6.75. The minimum absolute atomic E-state index is 0.0232. The molecule has 0 spiro atoms. The van der Waals surface area contributed by atoms with Crippen molar-refractivity contribution >= 4 is 11.6 Å². The highest BCUT2D eigenvalue weighted by Crippen LogP contribution is 2.25. The third-order valence-corrected chi connectivity index (χ3v) is 1.66. The number of nitrogens with zero attached hydrogens (tertiary/aromatic N) is 1. The van der Waals surface area contributed by atoms with Gasteiger partial charge in [0.05, 0.1) is 6.61 Å². The molecule has 66 valence electrons. The number of aliphatic hydroxyl groups excluding tert-OH is 1. The Bertz CT molecular complexity index is 245. The molecule has 0 radical (unpaired) electrons. The number of hydrogen-bond acceptors (Lipinski definition) is 3. The topological polar surface area (TPSA) is 42.4 Å². The fourth-order valence-electron chi connectivity index (χ4n) is 0.833. The second-order valence-electron chi connectivity index (χ2n) is 2.32. The van der Waals surface area contributed by atoms with Gasteiger partial charge in [-0.05, 0) is 18.6 Å². The van der Waals surface area contributed by atoms with E-state index in [-0.39, 0.29) is 13.2 Å². The number of pyridine rings is 1. The number of hydrogen-bond donors (Lipinski definition) is 1. The van der Waals surface area contributed by atoms with E-state index >= 15 is 0 Å². The molecule has 0 aliphatic carbocycles. The summed E-state index contributed by atoms with van der Waals surface area (Å²) >= 11 is 5.75. The highest BCUT2D eigenvalue weighted by Gasteiger charge is 2.04. The third kappa shape index (κ3) is 2.09. The summed E-state index contributed by atoms with van der Waals surface area (Å²) in [5.74, 6) is 0.549. The lowest BCUT2D eigenvalue weighted by Crippen LogP contribution is -2.03. The average molecular weight is 188 g/mol. The number of rotatable bonds is 3. The lowest BCUT2D eigenvalue weighted by Gasteiger charge is -2.07. The second-order valence-corrected chi connectivity index (χ2v) is 2.68. The van der Waals surface area contributed by atoms with Crippen LogP contribution in [0.4, 0.5) is 0 Å². The predicted molar refractivity (Wildman–Crippen MR) is 46.6 cm³/mol. The lowest BCUT2D eigenvalue weighted by atomic mass is 10.3. The maximum atomic E-state index is 8.52. The van der Waals surface area contributed by atoms with Gasteiger partial charge in [0.2, 0.25) is 0 Å². The first-order valence-corrected chi connectivity index (χ1v) is 3.98. The van der Waals surface area contributed by atoms with Crippen LogP contribution in [-0.2, 0) is 0 Å². The molecule has 0 atom stereocenters. The zero-order valence-corrected chi connectivity index (χ0v) is 7.51. The zero-order chi connectivity index (χ0) is 8.97. The molecule has 4 heteroatoms. The Hall–Kier alpha value is -0.800. The summed E-state index contributed by atoms with van der Waals surface area (Å²) in [6, 6.07) is 1.80. The lowest BCUT2D eigenvalue weighted by molar-refractivity contribution is 0.200. The van der Waals surface area contributed by atoms with E-state index in [4.69, 9.17) is 21.4 Å². The largest absolute Gasteiger partial charge is 0.488 e. The summed E-state index contributed by atoms with van der Waals surface area (Å²) in [6.07, 6.45) is 1.61. The molecular formula is C8H10ClNO2. The molecule has 0 aliphatic rings. The van der Waals surface area contributed by atoms with E-state index in [2.05, 4.69) is 4.98 Å². The summed E-state index contributed by atoms with van der Waals surface area (Å²) in [7, 11) is 0. The molecule has 3 nitrogen and oxygen atoms in total. The molecule has 0 saturated heterocycles. The summed E-state index contributed by atoms with van der Waals surface area (Å²) in [4.78, 5) is 3.85. The molecule has 1 aromatic heterocycles. The van der Waals surface area contributed by atoms with Gasteiger partial charge >= 0.3 is 0 Å². The summed E-state index contributed by atoms with van der Waals surface area (Å²) in [5, 5.41) is 8.86. The van der Waals surface area contributed by atoms with Crippen LogP contribution in [0.5, 0.6) is 5.75 Å². The summed E-state index contributed by atoms with van der Waals surface area (Å²) in [6.45, 7) is 2.09. The highest BCUT2D eigenvalue weighted by atomic mass is 35.5. The Morgan fingerprint density at radius 2 is 2.42 bits per heavy atom. The fraction of sp³-hybridized carbons (Fsp3) is 0.375. The molecule has 0 aromatic carbocycles. The highest BCUT2D eigenvalue weighted by molar-refractivity contribution is 6.30. The van der Waals surface area contributed by atoms with E-state index in [1.165, 1.54) is 0 Å². The van der Waals surface area contributed by atoms with Gasteiger partial charge in [0.1, 0.15) is 6.61 Å². The van der Waals surface area contributed by atoms with Crippen molar-refractivity contribution in [3.05, 3.63) is 23.0 Å². The van der Waals surface area contributed by atoms with Crippen molar-refractivity contribution < 1.29 is 9.84 Å². The Labute approximate surface area is 76.0 Å². The molecule has 0 unspecified atom stereocenters. The maximum Gasteiger partial charge on any atom is 0.171 e. The van der Waals surface area contributed by atoms with E-state index in [9.17, 15) is 0 Å². The molecule has 1 rings (SSSR count). The van der Waals surface area contributed by atoms with E-state index < -0.39 is 0 Å². The molecule has 1 N–H and O–H groups in total. The number of aliphatic hydroxyl groups is 1. The van der Waals surface area contributed by atoms with Gasteiger partial charge in [-0.1, -0.05) is 11.6 Å². The molecular weight excluding hydrogens is 178 g/mol. The van der Waals surface area contributed by atoms with Gasteiger partial charge < -0.3 is 9.84 Å². The first-order chi connectivity index (χ1) is 5.75. The molecule has 0 saturated carbocycles. The number of aryl methyl sites for hydroxylation is 1.